The minimum atomic E-state index is 0.572. The van der Waals surface area contributed by atoms with Crippen LogP contribution in [0.4, 0.5) is 0 Å². The van der Waals surface area contributed by atoms with Gasteiger partial charge in [-0.3, -0.25) is 4.99 Å². The molecule has 0 saturated heterocycles. The molecule has 0 N–H and O–H groups in total. The van der Waals surface area contributed by atoms with Crippen LogP contribution in [0.1, 0.15) is 71.9 Å². The lowest BCUT2D eigenvalue weighted by Gasteiger charge is -2.15. The number of nitrogens with zero attached hydrogens (tertiary/aromatic N) is 1. The highest BCUT2D eigenvalue weighted by Crippen LogP contribution is 2.23. The number of allylic oxidation sites excluding steroid dienone is 2. The Balaban J connectivity index is 2.98. The second-order valence-electron chi connectivity index (χ2n) is 7.01. The van der Waals surface area contributed by atoms with Crippen molar-refractivity contribution in [2.45, 2.75) is 60.8 Å². The third-order valence-corrected chi connectivity index (χ3v) is 3.92. The maximum atomic E-state index is 6.06. The van der Waals surface area contributed by atoms with E-state index in [1.54, 1.807) is 0 Å². The number of rotatable bonds is 9. The minimum Gasteiger partial charge on any atom is -0.493 e. The van der Waals surface area contributed by atoms with Crippen molar-refractivity contribution in [1.29, 1.82) is 0 Å². The predicted octanol–water partition coefficient (Wildman–Crippen LogP) is 6.66. The normalized spacial score (nSPS) is 12.7. The van der Waals surface area contributed by atoms with Gasteiger partial charge < -0.3 is 4.74 Å². The van der Waals surface area contributed by atoms with Crippen LogP contribution >= 0.6 is 0 Å². The average molecular weight is 328 g/mol. The van der Waals surface area contributed by atoms with Crippen LogP contribution in [0.3, 0.4) is 0 Å². The third kappa shape index (κ3) is 7.16. The van der Waals surface area contributed by atoms with Crippen LogP contribution in [-0.2, 0) is 0 Å². The highest BCUT2D eigenvalue weighted by Gasteiger charge is 2.08. The van der Waals surface area contributed by atoms with Crippen LogP contribution in [0.2, 0.25) is 0 Å². The molecule has 2 nitrogen and oxygen atoms in total. The van der Waals surface area contributed by atoms with Crippen LogP contribution in [0, 0.1) is 5.92 Å². The molecule has 0 amide bonds. The minimum absolute atomic E-state index is 0.572. The maximum Gasteiger partial charge on any atom is 0.120 e. The molecule has 0 heterocycles. The SMILES string of the molecule is C=C(C)c1cc(OCC(C)CCCC)cc(C(C)=NC=C(C)C)c1. The van der Waals surface area contributed by atoms with Gasteiger partial charge in [-0.15, -0.1) is 0 Å². The van der Waals surface area contributed by atoms with Crippen LogP contribution < -0.4 is 4.74 Å². The molecule has 1 aromatic carbocycles. The number of aliphatic imine (C=N–C) groups is 1. The highest BCUT2D eigenvalue weighted by molar-refractivity contribution is 6.00. The van der Waals surface area contributed by atoms with Gasteiger partial charge in [-0.25, -0.2) is 0 Å². The lowest BCUT2D eigenvalue weighted by Crippen LogP contribution is -2.09. The fraction of sp³-hybridized carbons (Fsp3) is 0.500. The Labute approximate surface area is 148 Å². The Hall–Kier alpha value is -1.83. The number of hydrogen-bond donors (Lipinski definition) is 0. The van der Waals surface area contributed by atoms with Gasteiger partial charge in [0.2, 0.25) is 0 Å². The van der Waals surface area contributed by atoms with E-state index in [0.29, 0.717) is 5.92 Å². The predicted molar refractivity (Wildman–Crippen MR) is 107 cm³/mol. The van der Waals surface area contributed by atoms with Crippen molar-refractivity contribution in [2.75, 3.05) is 6.61 Å². The molecular weight excluding hydrogens is 294 g/mol. The van der Waals surface area contributed by atoms with Gasteiger partial charge in [-0.1, -0.05) is 44.4 Å². The third-order valence-electron chi connectivity index (χ3n) is 3.92. The Morgan fingerprint density at radius 3 is 2.42 bits per heavy atom. The Kier molecular flexibility index (Phi) is 8.53. The lowest BCUT2D eigenvalue weighted by atomic mass is 10.0. The quantitative estimate of drug-likeness (QED) is 0.465. The zero-order chi connectivity index (χ0) is 18.1. The molecule has 0 fully saturated rings. The van der Waals surface area contributed by atoms with Gasteiger partial charge in [0.25, 0.3) is 0 Å². The van der Waals surface area contributed by atoms with Crippen LogP contribution in [0.25, 0.3) is 5.57 Å². The van der Waals surface area contributed by atoms with Gasteiger partial charge in [0.15, 0.2) is 0 Å². The average Bonchev–Trinajstić information content (AvgIpc) is 2.55. The zero-order valence-corrected chi connectivity index (χ0v) is 16.3. The van der Waals surface area contributed by atoms with Crippen molar-refractivity contribution in [3.63, 3.8) is 0 Å². The van der Waals surface area contributed by atoms with E-state index in [-0.39, 0.29) is 0 Å². The molecule has 0 spiro atoms. The van der Waals surface area contributed by atoms with E-state index in [1.165, 1.54) is 24.8 Å². The molecular formula is C22H33NO. The van der Waals surface area contributed by atoms with Gasteiger partial charge in [0.1, 0.15) is 5.75 Å². The summed E-state index contributed by atoms with van der Waals surface area (Å²) in [5.41, 5.74) is 5.41. The van der Waals surface area contributed by atoms with E-state index in [4.69, 9.17) is 4.74 Å². The molecule has 0 radical (unpaired) electrons. The maximum absolute atomic E-state index is 6.06. The molecule has 0 aliphatic carbocycles. The fourth-order valence-corrected chi connectivity index (χ4v) is 2.31. The van der Waals surface area contributed by atoms with Gasteiger partial charge in [-0.2, -0.15) is 0 Å². The van der Waals surface area contributed by atoms with E-state index in [2.05, 4.69) is 43.6 Å². The lowest BCUT2D eigenvalue weighted by molar-refractivity contribution is 0.249. The molecule has 24 heavy (non-hydrogen) atoms. The largest absolute Gasteiger partial charge is 0.493 e. The van der Waals surface area contributed by atoms with E-state index < -0.39 is 0 Å². The van der Waals surface area contributed by atoms with E-state index in [1.807, 2.05) is 33.9 Å². The standard InChI is InChI=1S/C22H33NO/c1-8-9-10-18(6)15-24-22-12-20(17(4)5)11-21(13-22)19(7)23-14-16(2)3/h11-14,18H,4,8-10,15H2,1-3,5-7H3. The summed E-state index contributed by atoms with van der Waals surface area (Å²) in [6, 6.07) is 6.29. The molecule has 1 unspecified atom stereocenters. The second kappa shape index (κ2) is 10.1. The summed E-state index contributed by atoms with van der Waals surface area (Å²) < 4.78 is 6.06. The van der Waals surface area contributed by atoms with E-state index in [9.17, 15) is 0 Å². The first-order valence-electron chi connectivity index (χ1n) is 8.95. The van der Waals surface area contributed by atoms with Gasteiger partial charge in [0, 0.05) is 11.9 Å². The number of unbranched alkanes of at least 4 members (excludes halogenated alkanes) is 1. The number of hydrogen-bond acceptors (Lipinski definition) is 2. The highest BCUT2D eigenvalue weighted by atomic mass is 16.5. The summed E-state index contributed by atoms with van der Waals surface area (Å²) in [6.07, 6.45) is 5.61. The van der Waals surface area contributed by atoms with Crippen molar-refractivity contribution in [3.8, 4) is 5.75 Å². The molecule has 0 aliphatic rings. The Morgan fingerprint density at radius 1 is 1.17 bits per heavy atom. The summed E-state index contributed by atoms with van der Waals surface area (Å²) in [7, 11) is 0. The smallest absolute Gasteiger partial charge is 0.120 e. The first-order valence-corrected chi connectivity index (χ1v) is 8.95. The Bertz CT molecular complexity index is 606. The molecule has 1 aromatic rings. The van der Waals surface area contributed by atoms with E-state index in [0.717, 1.165) is 34.8 Å². The molecule has 1 atom stereocenters. The topological polar surface area (TPSA) is 21.6 Å². The molecule has 0 saturated carbocycles. The summed E-state index contributed by atoms with van der Waals surface area (Å²) in [5.74, 6) is 1.47. The number of benzene rings is 1. The summed E-state index contributed by atoms with van der Waals surface area (Å²) in [6.45, 7) is 17.5. The van der Waals surface area contributed by atoms with Gasteiger partial charge >= 0.3 is 0 Å². The van der Waals surface area contributed by atoms with E-state index >= 15 is 0 Å². The summed E-state index contributed by atoms with van der Waals surface area (Å²) in [5, 5.41) is 0. The monoisotopic (exact) mass is 327 g/mol. The van der Waals surface area contributed by atoms with Crippen LogP contribution in [0.15, 0.2) is 41.5 Å². The summed E-state index contributed by atoms with van der Waals surface area (Å²) in [4.78, 5) is 4.54. The van der Waals surface area contributed by atoms with Gasteiger partial charge in [0.05, 0.1) is 6.61 Å². The molecule has 2 heteroatoms. The van der Waals surface area contributed by atoms with Crippen molar-refractivity contribution in [3.05, 3.63) is 47.7 Å². The number of ether oxygens (including phenoxy) is 1. The Morgan fingerprint density at radius 2 is 1.83 bits per heavy atom. The molecule has 1 rings (SSSR count). The molecule has 0 aliphatic heterocycles. The summed E-state index contributed by atoms with van der Waals surface area (Å²) >= 11 is 0. The first-order chi connectivity index (χ1) is 11.3. The van der Waals surface area contributed by atoms with Crippen molar-refractivity contribution in [1.82, 2.24) is 0 Å². The first kappa shape index (κ1) is 20.2. The molecule has 132 valence electrons. The van der Waals surface area contributed by atoms with Crippen molar-refractivity contribution >= 4 is 11.3 Å². The van der Waals surface area contributed by atoms with Crippen molar-refractivity contribution in [2.24, 2.45) is 10.9 Å². The molecule has 0 bridgehead atoms. The van der Waals surface area contributed by atoms with Crippen LogP contribution in [-0.4, -0.2) is 12.3 Å². The zero-order valence-electron chi connectivity index (χ0n) is 16.3. The molecule has 0 aromatic heterocycles. The second-order valence-corrected chi connectivity index (χ2v) is 7.01. The van der Waals surface area contributed by atoms with Crippen molar-refractivity contribution < 1.29 is 4.74 Å². The van der Waals surface area contributed by atoms with Crippen LogP contribution in [0.5, 0.6) is 5.75 Å². The fourth-order valence-electron chi connectivity index (χ4n) is 2.31. The van der Waals surface area contributed by atoms with Gasteiger partial charge in [-0.05, 0) is 69.4 Å².